The van der Waals surface area contributed by atoms with Gasteiger partial charge in [-0.1, -0.05) is 37.1 Å². The lowest BCUT2D eigenvalue weighted by atomic mass is 9.55. The van der Waals surface area contributed by atoms with Gasteiger partial charge in [0.05, 0.1) is 23.2 Å². The van der Waals surface area contributed by atoms with Crippen molar-refractivity contribution in [3.8, 4) is 23.0 Å². The number of aliphatic hydroxyl groups is 2. The van der Waals surface area contributed by atoms with Crippen LogP contribution in [-0.2, 0) is 9.57 Å². The van der Waals surface area contributed by atoms with Crippen LogP contribution in [0.25, 0.3) is 0 Å². The topological polar surface area (TPSA) is 162 Å². The number of thioether (sulfide) groups is 1. The summed E-state index contributed by atoms with van der Waals surface area (Å²) in [6.07, 6.45) is 10.6. The highest BCUT2D eigenvalue weighted by Gasteiger charge is 2.65. The first-order chi connectivity index (χ1) is 29.2. The number of allylic oxidation sites excluding steroid dienone is 1. The molecule has 1 saturated carbocycles. The molecule has 2 aliphatic carbocycles. The SMILES string of the molecule is C=CCO[C@@]12Oc3ccc(Oc4ccc(SC)cc4)cc3[C@H]3[C@H](CCCCO)[C@@H](CCCCO)C=C(C(=NOCC)C[C@@H]1N(CCC)C(=O)Oc1ccc([N+](=O)[O-])cc1)[C@H]32. The lowest BCUT2D eigenvalue weighted by molar-refractivity contribution is -0.384. The molecule has 14 heteroatoms. The van der Waals surface area contributed by atoms with E-state index in [9.17, 15) is 25.1 Å². The smallest absolute Gasteiger partial charge is 0.415 e. The zero-order chi connectivity index (χ0) is 42.6. The Morgan fingerprint density at radius 1 is 1.02 bits per heavy atom. The second-order valence-corrected chi connectivity index (χ2v) is 16.2. The van der Waals surface area contributed by atoms with Gasteiger partial charge < -0.3 is 34.0 Å². The van der Waals surface area contributed by atoms with E-state index in [-0.39, 0.29) is 62.0 Å². The molecule has 1 heterocycles. The average molecular weight is 844 g/mol. The number of rotatable bonds is 21. The molecule has 6 rings (SSSR count). The van der Waals surface area contributed by atoms with Crippen molar-refractivity contribution in [2.75, 3.05) is 39.2 Å². The summed E-state index contributed by atoms with van der Waals surface area (Å²) in [5.74, 6) is 0.00455. The number of fused-ring (bicyclic) bond motifs is 2. The van der Waals surface area contributed by atoms with Gasteiger partial charge in [-0.2, -0.15) is 0 Å². The second-order valence-electron chi connectivity index (χ2n) is 15.3. The van der Waals surface area contributed by atoms with Gasteiger partial charge in [-0.15, -0.1) is 18.3 Å². The lowest BCUT2D eigenvalue weighted by Crippen LogP contribution is -2.70. The van der Waals surface area contributed by atoms with E-state index in [4.69, 9.17) is 28.9 Å². The third-order valence-corrected chi connectivity index (χ3v) is 12.3. The van der Waals surface area contributed by atoms with Gasteiger partial charge in [-0.3, -0.25) is 15.0 Å². The van der Waals surface area contributed by atoms with Gasteiger partial charge in [0.15, 0.2) is 0 Å². The summed E-state index contributed by atoms with van der Waals surface area (Å²) in [6.45, 7) is 8.72. The third-order valence-electron chi connectivity index (χ3n) is 11.6. The predicted octanol–water partition coefficient (Wildman–Crippen LogP) is 9.67. The summed E-state index contributed by atoms with van der Waals surface area (Å²) in [4.78, 5) is 34.0. The highest BCUT2D eigenvalue weighted by atomic mass is 32.2. The first-order valence-electron chi connectivity index (χ1n) is 21.0. The van der Waals surface area contributed by atoms with Crippen LogP contribution in [0.3, 0.4) is 0 Å². The minimum atomic E-state index is -1.46. The van der Waals surface area contributed by atoms with Gasteiger partial charge >= 0.3 is 6.09 Å². The number of non-ortho nitro benzene ring substituents is 1. The molecular weight excluding hydrogens is 787 g/mol. The van der Waals surface area contributed by atoms with Gasteiger partial charge in [-0.05, 0) is 117 Å². The number of ether oxygens (including phenoxy) is 4. The fourth-order valence-corrected chi connectivity index (χ4v) is 9.45. The Bertz CT molecular complexity index is 1990. The quantitative estimate of drug-likeness (QED) is 0.0345. The van der Waals surface area contributed by atoms with Crippen LogP contribution < -0.4 is 14.2 Å². The van der Waals surface area contributed by atoms with E-state index in [0.717, 1.165) is 41.7 Å². The number of oxime groups is 1. The van der Waals surface area contributed by atoms with Gasteiger partial charge in [0.25, 0.3) is 5.69 Å². The lowest BCUT2D eigenvalue weighted by Gasteiger charge is -2.59. The standard InChI is InChI=1S/C46H57N3O10S/c1-5-24-48(45(52)58-34-16-14-32(15-17-34)49(53)54)42-30-40(47-56-7-3)38-28-31(12-8-10-25-50)37(13-9-11-26-51)43-39-29-35(57-33-18-21-36(60-4)22-19-33)20-23-41(39)59-46(42,44(38)43)55-27-6-2/h6,14-23,28-29,31,37,42-44,50-51H,2,5,7-13,24-27,30H2,1,3-4H3/t31-,37+,42-,43+,44+,46+/m0/s1. The largest absolute Gasteiger partial charge is 0.459 e. The number of carbonyl (C=O) groups excluding carboxylic acids is 1. The summed E-state index contributed by atoms with van der Waals surface area (Å²) < 4.78 is 26.7. The van der Waals surface area contributed by atoms with E-state index >= 15 is 0 Å². The third kappa shape index (κ3) is 9.83. The summed E-state index contributed by atoms with van der Waals surface area (Å²) >= 11 is 1.66. The number of hydrogen-bond donors (Lipinski definition) is 2. The molecule has 3 aromatic rings. The molecule has 322 valence electrons. The average Bonchev–Trinajstić information content (AvgIpc) is 3.26. The molecule has 13 nitrogen and oxygen atoms in total. The maximum atomic E-state index is 14.5. The Morgan fingerprint density at radius 2 is 1.72 bits per heavy atom. The molecule has 2 N–H and O–H groups in total. The minimum absolute atomic E-state index is 0.0354. The van der Waals surface area contributed by atoms with Crippen molar-refractivity contribution in [1.29, 1.82) is 0 Å². The highest BCUT2D eigenvalue weighted by Crippen LogP contribution is 2.62. The number of hydrogen-bond acceptors (Lipinski definition) is 12. The number of amides is 1. The van der Waals surface area contributed by atoms with Crippen molar-refractivity contribution in [3.63, 3.8) is 0 Å². The van der Waals surface area contributed by atoms with Crippen molar-refractivity contribution in [2.24, 2.45) is 22.9 Å². The monoisotopic (exact) mass is 843 g/mol. The zero-order valence-corrected chi connectivity index (χ0v) is 35.5. The molecule has 0 saturated heterocycles. The highest BCUT2D eigenvalue weighted by molar-refractivity contribution is 7.98. The number of nitro benzene ring substituents is 1. The van der Waals surface area contributed by atoms with Crippen LogP contribution in [0.5, 0.6) is 23.0 Å². The van der Waals surface area contributed by atoms with Gasteiger partial charge in [-0.25, -0.2) is 4.79 Å². The van der Waals surface area contributed by atoms with Crippen LogP contribution in [0.15, 0.2) is 101 Å². The molecule has 1 fully saturated rings. The van der Waals surface area contributed by atoms with Crippen LogP contribution in [0, 0.1) is 27.9 Å². The Morgan fingerprint density at radius 3 is 2.37 bits per heavy atom. The van der Waals surface area contributed by atoms with E-state index in [1.165, 1.54) is 24.3 Å². The summed E-state index contributed by atoms with van der Waals surface area (Å²) in [6, 6.07) is 18.4. The minimum Gasteiger partial charge on any atom is -0.459 e. The van der Waals surface area contributed by atoms with E-state index in [1.54, 1.807) is 22.7 Å². The summed E-state index contributed by atoms with van der Waals surface area (Å²) in [5.41, 5.74) is 2.41. The fraction of sp³-hybridized carbons (Fsp3) is 0.478. The molecule has 6 atom stereocenters. The zero-order valence-electron chi connectivity index (χ0n) is 34.7. The molecule has 0 spiro atoms. The number of nitro groups is 1. The van der Waals surface area contributed by atoms with Crippen LogP contribution in [-0.4, -0.2) is 82.9 Å². The number of unbranched alkanes of at least 4 members (excludes halogenated alkanes) is 2. The van der Waals surface area contributed by atoms with Gasteiger partial charge in [0.2, 0.25) is 5.79 Å². The Hall–Kier alpha value is -4.89. The molecule has 60 heavy (non-hydrogen) atoms. The van der Waals surface area contributed by atoms with Crippen LogP contribution in [0.2, 0.25) is 0 Å². The predicted molar refractivity (Wildman–Crippen MR) is 231 cm³/mol. The Kier molecular flexibility index (Phi) is 15.7. The normalized spacial score (nSPS) is 23.4. The van der Waals surface area contributed by atoms with Crippen LogP contribution in [0.4, 0.5) is 10.5 Å². The number of nitrogens with zero attached hydrogens (tertiary/aromatic N) is 3. The molecule has 3 aliphatic rings. The molecule has 0 bridgehead atoms. The summed E-state index contributed by atoms with van der Waals surface area (Å²) in [7, 11) is 0. The van der Waals surface area contributed by atoms with Crippen molar-refractivity contribution in [3.05, 3.63) is 107 Å². The molecule has 0 radical (unpaired) electrons. The molecular formula is C46H57N3O10S. The fourth-order valence-electron chi connectivity index (χ4n) is 9.04. The number of benzene rings is 3. The molecule has 3 aromatic carbocycles. The van der Waals surface area contributed by atoms with Crippen molar-refractivity contribution in [2.45, 2.75) is 87.9 Å². The van der Waals surface area contributed by atoms with Crippen molar-refractivity contribution < 1.29 is 43.7 Å². The maximum absolute atomic E-state index is 14.5. The Labute approximate surface area is 356 Å². The number of carbonyl (C=O) groups is 1. The van der Waals surface area contributed by atoms with E-state index in [0.29, 0.717) is 48.8 Å². The molecule has 0 aromatic heterocycles. The molecule has 1 aliphatic heterocycles. The number of aliphatic hydroxyl groups excluding tert-OH is 2. The Balaban J connectivity index is 1.54. The van der Waals surface area contributed by atoms with Gasteiger partial charge in [0.1, 0.15) is 35.6 Å². The first kappa shape index (κ1) is 44.7. The van der Waals surface area contributed by atoms with E-state index < -0.39 is 28.8 Å². The molecule has 0 unspecified atom stereocenters. The van der Waals surface area contributed by atoms with Gasteiger partial charge in [0, 0.05) is 54.7 Å². The van der Waals surface area contributed by atoms with Crippen molar-refractivity contribution >= 4 is 29.3 Å². The summed E-state index contributed by atoms with van der Waals surface area (Å²) in [5, 5.41) is 35.9. The van der Waals surface area contributed by atoms with Crippen molar-refractivity contribution in [1.82, 2.24) is 4.90 Å². The van der Waals surface area contributed by atoms with Crippen LogP contribution >= 0.6 is 11.8 Å². The molecule has 1 amide bonds. The van der Waals surface area contributed by atoms with Crippen LogP contribution in [0.1, 0.15) is 76.7 Å². The van der Waals surface area contributed by atoms with E-state index in [1.807, 2.05) is 56.5 Å². The first-order valence-corrected chi connectivity index (χ1v) is 22.2. The second kappa shape index (κ2) is 21.1. The maximum Gasteiger partial charge on any atom is 0.415 e. The van der Waals surface area contributed by atoms with E-state index in [2.05, 4.69) is 18.7 Å².